The van der Waals surface area contributed by atoms with E-state index in [-0.39, 0.29) is 17.6 Å². The van der Waals surface area contributed by atoms with E-state index in [1.807, 2.05) is 0 Å². The van der Waals surface area contributed by atoms with Crippen molar-refractivity contribution in [1.29, 1.82) is 0 Å². The van der Waals surface area contributed by atoms with Crippen molar-refractivity contribution in [1.82, 2.24) is 5.32 Å². The zero-order valence-corrected chi connectivity index (χ0v) is 15.1. The third-order valence-corrected chi connectivity index (χ3v) is 5.77. The number of fused-ring (bicyclic) bond motifs is 1. The van der Waals surface area contributed by atoms with Crippen molar-refractivity contribution in [2.45, 2.75) is 18.9 Å². The molecule has 2 N–H and O–H groups in total. The van der Waals surface area contributed by atoms with Crippen LogP contribution in [0.1, 0.15) is 32.9 Å². The van der Waals surface area contributed by atoms with Crippen LogP contribution in [-0.4, -0.2) is 17.9 Å². The molecule has 4 rings (SSSR count). The molecule has 1 aromatic heterocycles. The number of thiophene rings is 1. The van der Waals surface area contributed by atoms with Crippen molar-refractivity contribution in [3.05, 3.63) is 63.7 Å². The fraction of sp³-hybridized carbons (Fsp3) is 0.158. The molecule has 4 nitrogen and oxygen atoms in total. The van der Waals surface area contributed by atoms with E-state index >= 15 is 0 Å². The van der Waals surface area contributed by atoms with E-state index in [9.17, 15) is 14.0 Å². The monoisotopic (exact) mass is 388 g/mol. The van der Waals surface area contributed by atoms with Gasteiger partial charge >= 0.3 is 0 Å². The van der Waals surface area contributed by atoms with Crippen LogP contribution >= 0.6 is 22.9 Å². The van der Waals surface area contributed by atoms with Crippen molar-refractivity contribution in [3.63, 3.8) is 0 Å². The van der Waals surface area contributed by atoms with Crippen molar-refractivity contribution in [3.8, 4) is 0 Å². The average Bonchev–Trinajstić information content (AvgIpc) is 3.37. The van der Waals surface area contributed by atoms with Gasteiger partial charge in [0.05, 0.1) is 5.02 Å². The molecule has 0 bridgehead atoms. The highest BCUT2D eigenvalue weighted by molar-refractivity contribution is 7.21. The Morgan fingerprint density at radius 2 is 1.81 bits per heavy atom. The third-order valence-electron chi connectivity index (χ3n) is 4.12. The lowest BCUT2D eigenvalue weighted by Gasteiger charge is -2.06. The summed E-state index contributed by atoms with van der Waals surface area (Å²) in [4.78, 5) is 24.8. The van der Waals surface area contributed by atoms with Crippen LogP contribution in [-0.2, 0) is 0 Å². The van der Waals surface area contributed by atoms with Crippen LogP contribution in [0.5, 0.6) is 0 Å². The zero-order chi connectivity index (χ0) is 18.3. The Morgan fingerprint density at radius 1 is 1.08 bits per heavy atom. The van der Waals surface area contributed by atoms with E-state index < -0.39 is 0 Å². The Labute approximate surface area is 158 Å². The molecule has 7 heteroatoms. The van der Waals surface area contributed by atoms with E-state index in [0.717, 1.165) is 24.2 Å². The summed E-state index contributed by atoms with van der Waals surface area (Å²) in [5.41, 5.74) is 1.10. The minimum Gasteiger partial charge on any atom is -0.349 e. The maximum Gasteiger partial charge on any atom is 0.267 e. The second-order valence-electron chi connectivity index (χ2n) is 6.16. The molecule has 0 aliphatic heterocycles. The van der Waals surface area contributed by atoms with Gasteiger partial charge < -0.3 is 10.6 Å². The van der Waals surface area contributed by atoms with Gasteiger partial charge in [-0.1, -0.05) is 11.6 Å². The Kier molecular flexibility index (Phi) is 4.38. The Hall–Kier alpha value is -2.44. The van der Waals surface area contributed by atoms with Crippen LogP contribution in [0.25, 0.3) is 10.1 Å². The van der Waals surface area contributed by atoms with E-state index in [1.165, 1.54) is 12.1 Å². The molecule has 132 valence electrons. The van der Waals surface area contributed by atoms with Crippen molar-refractivity contribution in [2.75, 3.05) is 5.32 Å². The first kappa shape index (κ1) is 17.0. The normalized spacial score (nSPS) is 13.6. The quantitative estimate of drug-likeness (QED) is 0.672. The number of rotatable bonds is 4. The number of halogens is 2. The zero-order valence-electron chi connectivity index (χ0n) is 13.5. The number of anilines is 1. The Bertz CT molecular complexity index is 1010. The molecule has 3 aromatic rings. The number of benzene rings is 2. The highest BCUT2D eigenvalue weighted by Crippen LogP contribution is 2.36. The van der Waals surface area contributed by atoms with Gasteiger partial charge in [-0.2, -0.15) is 0 Å². The highest BCUT2D eigenvalue weighted by atomic mass is 35.5. The van der Waals surface area contributed by atoms with Gasteiger partial charge in [0.2, 0.25) is 0 Å². The van der Waals surface area contributed by atoms with Gasteiger partial charge in [-0.25, -0.2) is 4.39 Å². The summed E-state index contributed by atoms with van der Waals surface area (Å²) in [5.74, 6) is -0.853. The summed E-state index contributed by atoms with van der Waals surface area (Å²) in [6.07, 6.45) is 2.05. The predicted octanol–water partition coefficient (Wildman–Crippen LogP) is 4.84. The summed E-state index contributed by atoms with van der Waals surface area (Å²) in [7, 11) is 0. The minimum atomic E-state index is -0.373. The van der Waals surface area contributed by atoms with Gasteiger partial charge in [0.25, 0.3) is 11.8 Å². The summed E-state index contributed by atoms with van der Waals surface area (Å²) >= 11 is 7.41. The topological polar surface area (TPSA) is 58.2 Å². The van der Waals surface area contributed by atoms with E-state index in [1.54, 1.807) is 30.3 Å². The maximum absolute atomic E-state index is 13.3. The van der Waals surface area contributed by atoms with Crippen molar-refractivity contribution < 1.29 is 14.0 Å². The van der Waals surface area contributed by atoms with Gasteiger partial charge in [0.15, 0.2) is 0 Å². The number of nitrogens with one attached hydrogen (secondary N) is 2. The average molecular weight is 389 g/mol. The number of hydrogen-bond acceptors (Lipinski definition) is 3. The number of hydrogen-bond donors (Lipinski definition) is 2. The third kappa shape index (κ3) is 3.43. The van der Waals surface area contributed by atoms with E-state index in [4.69, 9.17) is 11.6 Å². The Balaban J connectivity index is 1.51. The molecule has 1 aliphatic carbocycles. The summed E-state index contributed by atoms with van der Waals surface area (Å²) in [6.45, 7) is 0. The SMILES string of the molecule is O=C(NC1CC1)c1ccc(NC(=O)c2sc3cc(F)ccc3c2Cl)cc1. The van der Waals surface area contributed by atoms with Gasteiger partial charge in [-0.3, -0.25) is 9.59 Å². The van der Waals surface area contributed by atoms with E-state index in [2.05, 4.69) is 10.6 Å². The molecule has 2 aromatic carbocycles. The molecule has 0 saturated heterocycles. The largest absolute Gasteiger partial charge is 0.349 e. The number of amides is 2. The molecule has 1 fully saturated rings. The molecule has 1 heterocycles. The highest BCUT2D eigenvalue weighted by Gasteiger charge is 2.23. The second kappa shape index (κ2) is 6.70. The van der Waals surface area contributed by atoms with Crippen LogP contribution in [0.15, 0.2) is 42.5 Å². The first-order valence-corrected chi connectivity index (χ1v) is 9.30. The number of carbonyl (C=O) groups is 2. The molecule has 0 spiro atoms. The molecule has 26 heavy (non-hydrogen) atoms. The molecule has 1 saturated carbocycles. The lowest BCUT2D eigenvalue weighted by molar-refractivity contribution is 0.0950. The van der Waals surface area contributed by atoms with Crippen LogP contribution in [0, 0.1) is 5.82 Å². The van der Waals surface area contributed by atoms with Crippen molar-refractivity contribution in [2.24, 2.45) is 0 Å². The fourth-order valence-corrected chi connectivity index (χ4v) is 4.01. The molecular weight excluding hydrogens is 375 g/mol. The lowest BCUT2D eigenvalue weighted by atomic mass is 10.2. The fourth-order valence-electron chi connectivity index (χ4n) is 2.57. The summed E-state index contributed by atoms with van der Waals surface area (Å²) in [6, 6.07) is 11.2. The molecule has 0 unspecified atom stereocenters. The molecule has 0 radical (unpaired) electrons. The van der Waals surface area contributed by atoms with Gasteiger partial charge in [0.1, 0.15) is 10.7 Å². The minimum absolute atomic E-state index is 0.111. The van der Waals surface area contributed by atoms with Crippen molar-refractivity contribution >= 4 is 50.5 Å². The standard InChI is InChI=1S/C19H14ClFN2O2S/c20-16-14-8-3-11(21)9-15(14)26-17(16)19(25)23-12-4-1-10(2-5-12)18(24)22-13-6-7-13/h1-5,8-9,13H,6-7H2,(H,22,24)(H,23,25). The lowest BCUT2D eigenvalue weighted by Crippen LogP contribution is -2.25. The smallest absolute Gasteiger partial charge is 0.267 e. The van der Waals surface area contributed by atoms with Crippen LogP contribution in [0.3, 0.4) is 0 Å². The number of carbonyl (C=O) groups excluding carboxylic acids is 2. The molecule has 1 aliphatic rings. The molecule has 2 amide bonds. The Morgan fingerprint density at radius 3 is 2.50 bits per heavy atom. The van der Waals surface area contributed by atoms with Crippen LogP contribution in [0.4, 0.5) is 10.1 Å². The summed E-state index contributed by atoms with van der Waals surface area (Å²) < 4.78 is 14.0. The molecule has 0 atom stereocenters. The first-order valence-electron chi connectivity index (χ1n) is 8.11. The van der Waals surface area contributed by atoms with E-state index in [0.29, 0.717) is 37.3 Å². The first-order chi connectivity index (χ1) is 12.5. The van der Waals surface area contributed by atoms with Gasteiger partial charge in [-0.15, -0.1) is 11.3 Å². The van der Waals surface area contributed by atoms with Crippen LogP contribution < -0.4 is 10.6 Å². The van der Waals surface area contributed by atoms with Crippen LogP contribution in [0.2, 0.25) is 5.02 Å². The van der Waals surface area contributed by atoms with Gasteiger partial charge in [-0.05, 0) is 55.3 Å². The molecular formula is C19H14ClFN2O2S. The maximum atomic E-state index is 13.3. The van der Waals surface area contributed by atoms with Gasteiger partial charge in [0, 0.05) is 27.4 Å². The predicted molar refractivity (Wildman–Crippen MR) is 102 cm³/mol. The second-order valence-corrected chi connectivity index (χ2v) is 7.60. The summed E-state index contributed by atoms with van der Waals surface area (Å²) in [5, 5.41) is 6.62.